The summed E-state index contributed by atoms with van der Waals surface area (Å²) in [7, 11) is 1.61. The molecule has 0 bridgehead atoms. The lowest BCUT2D eigenvalue weighted by molar-refractivity contribution is 0.399. The van der Waals surface area contributed by atoms with Crippen molar-refractivity contribution in [2.24, 2.45) is 0 Å². The monoisotopic (exact) mass is 215 g/mol. The van der Waals surface area contributed by atoms with E-state index in [1.807, 2.05) is 24.3 Å². The van der Waals surface area contributed by atoms with Crippen molar-refractivity contribution in [3.05, 3.63) is 48.4 Å². The lowest BCUT2D eigenvalue weighted by atomic mass is 10.2. The fourth-order valence-electron chi connectivity index (χ4n) is 1.39. The van der Waals surface area contributed by atoms with E-state index < -0.39 is 0 Å². The first-order valence-electron chi connectivity index (χ1n) is 5.02. The zero-order chi connectivity index (χ0) is 11.2. The summed E-state index contributed by atoms with van der Waals surface area (Å²) in [6.45, 7) is 0.727. The molecule has 4 nitrogen and oxygen atoms in total. The minimum atomic E-state index is 0.608. The molecule has 0 aliphatic rings. The smallest absolute Gasteiger partial charge is 0.237 e. The SMILES string of the molecule is COc1ncccc1NCc1ccncc1. The molecule has 0 saturated carbocycles. The molecule has 0 radical (unpaired) electrons. The van der Waals surface area contributed by atoms with Crippen LogP contribution in [0, 0.1) is 0 Å². The largest absolute Gasteiger partial charge is 0.480 e. The van der Waals surface area contributed by atoms with Gasteiger partial charge in [-0.2, -0.15) is 0 Å². The second-order valence-electron chi connectivity index (χ2n) is 3.27. The van der Waals surface area contributed by atoms with Crippen molar-refractivity contribution in [2.45, 2.75) is 6.54 Å². The number of methoxy groups -OCH3 is 1. The van der Waals surface area contributed by atoms with E-state index in [0.717, 1.165) is 12.2 Å². The Morgan fingerprint density at radius 2 is 2.00 bits per heavy atom. The summed E-state index contributed by atoms with van der Waals surface area (Å²) < 4.78 is 5.15. The molecular weight excluding hydrogens is 202 g/mol. The molecule has 2 rings (SSSR count). The topological polar surface area (TPSA) is 47.0 Å². The van der Waals surface area contributed by atoms with Gasteiger partial charge in [0.2, 0.25) is 5.88 Å². The van der Waals surface area contributed by atoms with Crippen LogP contribution in [0.4, 0.5) is 5.69 Å². The Bertz CT molecular complexity index is 445. The van der Waals surface area contributed by atoms with Crippen LogP contribution in [0.1, 0.15) is 5.56 Å². The van der Waals surface area contributed by atoms with Gasteiger partial charge < -0.3 is 10.1 Å². The number of aromatic nitrogens is 2. The Labute approximate surface area is 94.3 Å². The highest BCUT2D eigenvalue weighted by molar-refractivity contribution is 5.52. The quantitative estimate of drug-likeness (QED) is 0.848. The Kier molecular flexibility index (Phi) is 3.33. The van der Waals surface area contributed by atoms with Crippen LogP contribution in [-0.2, 0) is 6.54 Å². The highest BCUT2D eigenvalue weighted by Gasteiger charge is 2.01. The number of pyridine rings is 2. The van der Waals surface area contributed by atoms with Crippen molar-refractivity contribution in [3.8, 4) is 5.88 Å². The van der Waals surface area contributed by atoms with Gasteiger partial charge in [0.05, 0.1) is 12.8 Å². The minimum absolute atomic E-state index is 0.608. The van der Waals surface area contributed by atoms with E-state index in [1.54, 1.807) is 25.7 Å². The molecule has 2 heterocycles. The molecule has 0 aromatic carbocycles. The molecule has 0 aliphatic heterocycles. The molecule has 2 aromatic rings. The molecule has 2 aromatic heterocycles. The van der Waals surface area contributed by atoms with Crippen molar-refractivity contribution in [2.75, 3.05) is 12.4 Å². The van der Waals surface area contributed by atoms with Gasteiger partial charge in [-0.3, -0.25) is 4.98 Å². The minimum Gasteiger partial charge on any atom is -0.480 e. The maximum atomic E-state index is 5.15. The number of nitrogens with zero attached hydrogens (tertiary/aromatic N) is 2. The summed E-state index contributed by atoms with van der Waals surface area (Å²) in [5, 5.41) is 3.27. The molecule has 0 atom stereocenters. The van der Waals surface area contributed by atoms with Gasteiger partial charge in [-0.05, 0) is 29.8 Å². The average molecular weight is 215 g/mol. The van der Waals surface area contributed by atoms with E-state index >= 15 is 0 Å². The van der Waals surface area contributed by atoms with Gasteiger partial charge in [0.25, 0.3) is 0 Å². The molecule has 0 unspecified atom stereocenters. The lowest BCUT2D eigenvalue weighted by Crippen LogP contribution is -2.02. The van der Waals surface area contributed by atoms with Crippen LogP contribution in [-0.4, -0.2) is 17.1 Å². The van der Waals surface area contributed by atoms with Gasteiger partial charge >= 0.3 is 0 Å². The third-order valence-electron chi connectivity index (χ3n) is 2.20. The van der Waals surface area contributed by atoms with Crippen LogP contribution >= 0.6 is 0 Å². The van der Waals surface area contributed by atoms with Gasteiger partial charge in [-0.15, -0.1) is 0 Å². The zero-order valence-corrected chi connectivity index (χ0v) is 9.05. The number of nitrogens with one attached hydrogen (secondary N) is 1. The second-order valence-corrected chi connectivity index (χ2v) is 3.27. The molecule has 0 fully saturated rings. The van der Waals surface area contributed by atoms with Crippen LogP contribution in [0.3, 0.4) is 0 Å². The molecular formula is C12H13N3O. The fourth-order valence-corrected chi connectivity index (χ4v) is 1.39. The van der Waals surface area contributed by atoms with Crippen LogP contribution in [0.5, 0.6) is 5.88 Å². The van der Waals surface area contributed by atoms with Crippen LogP contribution in [0.25, 0.3) is 0 Å². The maximum Gasteiger partial charge on any atom is 0.237 e. The highest BCUT2D eigenvalue weighted by atomic mass is 16.5. The second kappa shape index (κ2) is 5.11. The van der Waals surface area contributed by atoms with E-state index in [-0.39, 0.29) is 0 Å². The van der Waals surface area contributed by atoms with Gasteiger partial charge in [0.15, 0.2) is 0 Å². The summed E-state index contributed by atoms with van der Waals surface area (Å²) in [5.41, 5.74) is 2.06. The first-order valence-corrected chi connectivity index (χ1v) is 5.02. The summed E-state index contributed by atoms with van der Waals surface area (Å²) in [4.78, 5) is 8.08. The molecule has 0 spiro atoms. The van der Waals surface area contributed by atoms with E-state index in [2.05, 4.69) is 15.3 Å². The number of ether oxygens (including phenoxy) is 1. The zero-order valence-electron chi connectivity index (χ0n) is 9.05. The normalized spacial score (nSPS) is 9.81. The molecule has 0 aliphatic carbocycles. The highest BCUT2D eigenvalue weighted by Crippen LogP contribution is 2.20. The number of hydrogen-bond acceptors (Lipinski definition) is 4. The first kappa shape index (κ1) is 10.4. The number of hydrogen-bond donors (Lipinski definition) is 1. The standard InChI is InChI=1S/C12H13N3O/c1-16-12-11(3-2-6-14-12)15-9-10-4-7-13-8-5-10/h2-8,15H,9H2,1H3. The van der Waals surface area contributed by atoms with Crippen molar-refractivity contribution >= 4 is 5.69 Å². The van der Waals surface area contributed by atoms with Crippen LogP contribution < -0.4 is 10.1 Å². The molecule has 4 heteroatoms. The molecule has 16 heavy (non-hydrogen) atoms. The van der Waals surface area contributed by atoms with Crippen LogP contribution in [0.2, 0.25) is 0 Å². The molecule has 0 amide bonds. The fraction of sp³-hybridized carbons (Fsp3) is 0.167. The van der Waals surface area contributed by atoms with Gasteiger partial charge in [-0.25, -0.2) is 4.98 Å². The number of anilines is 1. The summed E-state index contributed by atoms with van der Waals surface area (Å²) in [6, 6.07) is 7.75. The molecule has 0 saturated heterocycles. The van der Waals surface area contributed by atoms with Gasteiger partial charge in [0.1, 0.15) is 0 Å². The predicted molar refractivity (Wildman–Crippen MR) is 62.4 cm³/mol. The van der Waals surface area contributed by atoms with Gasteiger partial charge in [-0.1, -0.05) is 0 Å². The number of rotatable bonds is 4. The summed E-state index contributed by atoms with van der Waals surface area (Å²) in [6.07, 6.45) is 5.26. The van der Waals surface area contributed by atoms with Crippen molar-refractivity contribution in [1.82, 2.24) is 9.97 Å². The van der Waals surface area contributed by atoms with E-state index in [9.17, 15) is 0 Å². The van der Waals surface area contributed by atoms with Crippen LogP contribution in [0.15, 0.2) is 42.9 Å². The third-order valence-corrected chi connectivity index (χ3v) is 2.20. The predicted octanol–water partition coefficient (Wildman–Crippen LogP) is 2.10. The average Bonchev–Trinajstić information content (AvgIpc) is 2.38. The van der Waals surface area contributed by atoms with Crippen molar-refractivity contribution < 1.29 is 4.74 Å². The Balaban J connectivity index is 2.05. The van der Waals surface area contributed by atoms with E-state index in [1.165, 1.54) is 5.56 Å². The Morgan fingerprint density at radius 1 is 1.19 bits per heavy atom. The van der Waals surface area contributed by atoms with E-state index in [0.29, 0.717) is 5.88 Å². The molecule has 82 valence electrons. The Morgan fingerprint density at radius 3 is 2.75 bits per heavy atom. The summed E-state index contributed by atoms with van der Waals surface area (Å²) in [5.74, 6) is 0.608. The van der Waals surface area contributed by atoms with Crippen molar-refractivity contribution in [1.29, 1.82) is 0 Å². The Hall–Kier alpha value is -2.10. The molecule has 1 N–H and O–H groups in total. The summed E-state index contributed by atoms with van der Waals surface area (Å²) >= 11 is 0. The lowest BCUT2D eigenvalue weighted by Gasteiger charge is -2.09. The van der Waals surface area contributed by atoms with Crippen molar-refractivity contribution in [3.63, 3.8) is 0 Å². The van der Waals surface area contributed by atoms with Gasteiger partial charge in [0, 0.05) is 25.1 Å². The first-order chi connectivity index (χ1) is 7.90. The van der Waals surface area contributed by atoms with E-state index in [4.69, 9.17) is 4.74 Å². The maximum absolute atomic E-state index is 5.15. The third kappa shape index (κ3) is 2.48.